The summed E-state index contributed by atoms with van der Waals surface area (Å²) in [5.74, 6) is 0.580. The minimum Gasteiger partial charge on any atom is -0.388 e. The molecule has 1 aliphatic rings. The van der Waals surface area contributed by atoms with Gasteiger partial charge in [-0.05, 0) is 79.8 Å². The molecule has 2 N–H and O–H groups in total. The maximum Gasteiger partial charge on any atom is 0.251 e. The van der Waals surface area contributed by atoms with Crippen molar-refractivity contribution < 1.29 is 9.90 Å². The van der Waals surface area contributed by atoms with Gasteiger partial charge >= 0.3 is 0 Å². The number of aliphatic hydroxyl groups excluding tert-OH is 1. The Morgan fingerprint density at radius 1 is 1.16 bits per heavy atom. The van der Waals surface area contributed by atoms with Crippen molar-refractivity contribution in [3.63, 3.8) is 0 Å². The molecule has 0 spiro atoms. The number of aliphatic hydroxyl groups is 1. The minimum absolute atomic E-state index is 0.200. The lowest BCUT2D eigenvalue weighted by Crippen LogP contribution is -2.30. The molecule has 0 aliphatic heterocycles. The average Bonchev–Trinajstić information content (AvgIpc) is 3.28. The summed E-state index contributed by atoms with van der Waals surface area (Å²) >= 11 is 0. The molecule has 3 aromatic rings. The number of hydrogen-bond donors (Lipinski definition) is 2. The van der Waals surface area contributed by atoms with E-state index in [1.165, 1.54) is 16.2 Å². The molecule has 0 radical (unpaired) electrons. The van der Waals surface area contributed by atoms with E-state index in [1.807, 2.05) is 36.4 Å². The molecule has 1 fully saturated rings. The molecule has 1 amide bonds. The Labute approximate surface area is 188 Å². The Balaban J connectivity index is 1.31. The second kappa shape index (κ2) is 9.92. The first-order valence-electron chi connectivity index (χ1n) is 11.2. The van der Waals surface area contributed by atoms with Crippen LogP contribution in [0, 0.1) is 11.8 Å². The molecule has 0 bridgehead atoms. The third-order valence-corrected chi connectivity index (χ3v) is 6.45. The van der Waals surface area contributed by atoms with Crippen molar-refractivity contribution in [1.29, 1.82) is 0 Å². The van der Waals surface area contributed by atoms with Crippen molar-refractivity contribution in [3.8, 4) is 0 Å². The summed E-state index contributed by atoms with van der Waals surface area (Å²) in [6, 6.07) is 16.0. The van der Waals surface area contributed by atoms with Crippen LogP contribution in [0.4, 0.5) is 5.69 Å². The standard InChI is InChI=1S/C26H29N3O3/c1-18(29-14-3-2-6-24(29)30)26(32)28-23-11-8-19(9-12-23)15-20-7-10-21(16-20)25(31)22-5-4-13-27-17-22/h2-6,8-9,11-14,17-18,20-21,25,31H,7,10,15-16H2,1H3,(H,28,32)/t18-,20-,21-,25-/m0/s1. The number of benzene rings is 1. The summed E-state index contributed by atoms with van der Waals surface area (Å²) in [4.78, 5) is 28.6. The van der Waals surface area contributed by atoms with Crippen LogP contribution in [0.15, 0.2) is 78.0 Å². The molecule has 4 atom stereocenters. The molecule has 0 saturated heterocycles. The van der Waals surface area contributed by atoms with Gasteiger partial charge in [0.1, 0.15) is 6.04 Å². The number of amides is 1. The van der Waals surface area contributed by atoms with Gasteiger partial charge in [-0.2, -0.15) is 0 Å². The van der Waals surface area contributed by atoms with Crippen molar-refractivity contribution >= 4 is 11.6 Å². The van der Waals surface area contributed by atoms with Crippen molar-refractivity contribution in [2.75, 3.05) is 5.32 Å². The molecule has 1 aliphatic carbocycles. The van der Waals surface area contributed by atoms with Gasteiger partial charge in [0.2, 0.25) is 5.91 Å². The van der Waals surface area contributed by atoms with Crippen molar-refractivity contribution in [3.05, 3.63) is 94.7 Å². The van der Waals surface area contributed by atoms with Gasteiger partial charge in [-0.25, -0.2) is 0 Å². The first kappa shape index (κ1) is 22.0. The van der Waals surface area contributed by atoms with E-state index in [4.69, 9.17) is 0 Å². The molecule has 32 heavy (non-hydrogen) atoms. The monoisotopic (exact) mass is 431 g/mol. The van der Waals surface area contributed by atoms with Crippen LogP contribution >= 0.6 is 0 Å². The molecule has 6 nitrogen and oxygen atoms in total. The van der Waals surface area contributed by atoms with E-state index in [0.29, 0.717) is 11.6 Å². The lowest BCUT2D eigenvalue weighted by Gasteiger charge is -2.18. The van der Waals surface area contributed by atoms with E-state index in [1.54, 1.807) is 37.6 Å². The second-order valence-electron chi connectivity index (χ2n) is 8.68. The zero-order valence-corrected chi connectivity index (χ0v) is 18.2. The topological polar surface area (TPSA) is 84.2 Å². The second-order valence-corrected chi connectivity index (χ2v) is 8.68. The van der Waals surface area contributed by atoms with E-state index < -0.39 is 12.1 Å². The van der Waals surface area contributed by atoms with Gasteiger partial charge in [0.25, 0.3) is 5.56 Å². The number of aromatic nitrogens is 2. The van der Waals surface area contributed by atoms with Gasteiger partial charge in [0.15, 0.2) is 0 Å². The fraction of sp³-hybridized carbons (Fsp3) is 0.346. The minimum atomic E-state index is -0.593. The van der Waals surface area contributed by atoms with E-state index in [0.717, 1.165) is 31.2 Å². The average molecular weight is 432 g/mol. The fourth-order valence-electron chi connectivity index (χ4n) is 4.60. The zero-order valence-electron chi connectivity index (χ0n) is 18.2. The van der Waals surface area contributed by atoms with Gasteiger partial charge in [0, 0.05) is 30.3 Å². The Morgan fingerprint density at radius 3 is 2.69 bits per heavy atom. The van der Waals surface area contributed by atoms with Crippen LogP contribution < -0.4 is 10.9 Å². The van der Waals surface area contributed by atoms with Crippen molar-refractivity contribution in [2.45, 2.75) is 44.8 Å². The maximum atomic E-state index is 12.5. The van der Waals surface area contributed by atoms with Gasteiger partial charge in [-0.15, -0.1) is 0 Å². The quantitative estimate of drug-likeness (QED) is 0.589. The first-order valence-corrected chi connectivity index (χ1v) is 11.2. The molecular formula is C26H29N3O3. The fourth-order valence-corrected chi connectivity index (χ4v) is 4.60. The van der Waals surface area contributed by atoms with E-state index in [2.05, 4.69) is 10.3 Å². The van der Waals surface area contributed by atoms with Gasteiger partial charge in [-0.1, -0.05) is 24.3 Å². The number of nitrogens with one attached hydrogen (secondary N) is 1. The Kier molecular flexibility index (Phi) is 6.81. The number of hydrogen-bond acceptors (Lipinski definition) is 4. The highest BCUT2D eigenvalue weighted by molar-refractivity contribution is 5.93. The van der Waals surface area contributed by atoms with Crippen LogP contribution in [0.2, 0.25) is 0 Å². The predicted molar refractivity (Wildman–Crippen MR) is 124 cm³/mol. The summed E-state index contributed by atoms with van der Waals surface area (Å²) in [5, 5.41) is 13.6. The third kappa shape index (κ3) is 5.14. The van der Waals surface area contributed by atoms with Crippen molar-refractivity contribution in [1.82, 2.24) is 9.55 Å². The van der Waals surface area contributed by atoms with E-state index >= 15 is 0 Å². The van der Waals surface area contributed by atoms with Gasteiger partial charge < -0.3 is 15.0 Å². The van der Waals surface area contributed by atoms with Crippen LogP contribution in [0.25, 0.3) is 0 Å². The summed E-state index contributed by atoms with van der Waals surface area (Å²) in [6.45, 7) is 1.71. The number of nitrogens with zero attached hydrogens (tertiary/aromatic N) is 2. The summed E-state index contributed by atoms with van der Waals surface area (Å²) in [5.41, 5.74) is 2.63. The molecule has 1 saturated carbocycles. The number of anilines is 1. The van der Waals surface area contributed by atoms with Gasteiger partial charge in [0.05, 0.1) is 6.10 Å². The van der Waals surface area contributed by atoms with Crippen LogP contribution in [0.1, 0.15) is 49.5 Å². The normalized spacial score (nSPS) is 19.9. The molecule has 2 heterocycles. The summed E-state index contributed by atoms with van der Waals surface area (Å²) < 4.78 is 1.42. The van der Waals surface area contributed by atoms with Crippen LogP contribution in [0.3, 0.4) is 0 Å². The summed E-state index contributed by atoms with van der Waals surface area (Å²) in [6.07, 6.45) is 8.72. The Hall–Kier alpha value is -3.25. The number of rotatable bonds is 7. The molecule has 0 unspecified atom stereocenters. The molecule has 2 aromatic heterocycles. The van der Waals surface area contributed by atoms with Gasteiger partial charge in [-0.3, -0.25) is 14.6 Å². The Bertz CT molecular complexity index is 1100. The van der Waals surface area contributed by atoms with Crippen molar-refractivity contribution in [2.24, 2.45) is 11.8 Å². The van der Waals surface area contributed by atoms with E-state index in [9.17, 15) is 14.7 Å². The summed E-state index contributed by atoms with van der Waals surface area (Å²) in [7, 11) is 0. The molecule has 1 aromatic carbocycles. The van der Waals surface area contributed by atoms with Crippen LogP contribution in [-0.2, 0) is 11.2 Å². The molecule has 4 rings (SSSR count). The highest BCUT2D eigenvalue weighted by Gasteiger charge is 2.30. The SMILES string of the molecule is C[C@@H](C(=O)Nc1ccc(C[C@@H]2CC[C@H]([C@H](O)c3cccnc3)C2)cc1)n1ccccc1=O. The number of pyridine rings is 2. The smallest absolute Gasteiger partial charge is 0.251 e. The van der Waals surface area contributed by atoms with Crippen LogP contribution in [-0.4, -0.2) is 20.6 Å². The molecule has 6 heteroatoms. The largest absolute Gasteiger partial charge is 0.388 e. The van der Waals surface area contributed by atoms with E-state index in [-0.39, 0.29) is 17.4 Å². The predicted octanol–water partition coefficient (Wildman–Crippen LogP) is 4.14. The lowest BCUT2D eigenvalue weighted by molar-refractivity contribution is -0.118. The van der Waals surface area contributed by atoms with Crippen LogP contribution in [0.5, 0.6) is 0 Å². The molecular weight excluding hydrogens is 402 g/mol. The number of carbonyl (C=O) groups excluding carboxylic acids is 1. The lowest BCUT2D eigenvalue weighted by atomic mass is 9.92. The highest BCUT2D eigenvalue weighted by Crippen LogP contribution is 2.40. The zero-order chi connectivity index (χ0) is 22.5. The third-order valence-electron chi connectivity index (χ3n) is 6.45. The highest BCUT2D eigenvalue weighted by atomic mass is 16.3. The number of carbonyl (C=O) groups is 1. The molecule has 166 valence electrons. The Morgan fingerprint density at radius 2 is 1.97 bits per heavy atom. The first-order chi connectivity index (χ1) is 15.5. The maximum absolute atomic E-state index is 12.5.